The van der Waals surface area contributed by atoms with E-state index >= 15 is 0 Å². The van der Waals surface area contributed by atoms with Crippen LogP contribution in [0.5, 0.6) is 5.75 Å². The van der Waals surface area contributed by atoms with Crippen molar-refractivity contribution in [2.75, 3.05) is 6.61 Å². The van der Waals surface area contributed by atoms with Crippen LogP contribution in [-0.4, -0.2) is 17.7 Å². The molecule has 0 aliphatic rings. The zero-order valence-corrected chi connectivity index (χ0v) is 11.6. The molecule has 1 N–H and O–H groups in total. The first-order valence-corrected chi connectivity index (χ1v) is 6.39. The van der Waals surface area contributed by atoms with Crippen LogP contribution in [0.15, 0.2) is 12.1 Å². The molecular formula is C15H22O3. The van der Waals surface area contributed by atoms with E-state index in [2.05, 4.69) is 6.07 Å². The summed E-state index contributed by atoms with van der Waals surface area (Å²) in [5, 5.41) is 8.97. The van der Waals surface area contributed by atoms with E-state index in [1.165, 1.54) is 5.56 Å². The largest absolute Gasteiger partial charge is 0.493 e. The van der Waals surface area contributed by atoms with Crippen molar-refractivity contribution in [3.8, 4) is 5.75 Å². The van der Waals surface area contributed by atoms with Crippen molar-refractivity contribution in [3.05, 3.63) is 28.8 Å². The first kappa shape index (κ1) is 14.6. The van der Waals surface area contributed by atoms with Gasteiger partial charge >= 0.3 is 5.97 Å². The molecule has 0 radical (unpaired) electrons. The number of ether oxygens (including phenoxy) is 1. The number of aliphatic carboxylic acids is 1. The summed E-state index contributed by atoms with van der Waals surface area (Å²) in [6.07, 6.45) is 1.20. The molecule has 0 heterocycles. The maximum absolute atomic E-state index is 10.9. The van der Waals surface area contributed by atoms with Crippen LogP contribution in [0.25, 0.3) is 0 Å². The minimum atomic E-state index is -0.737. The smallest absolute Gasteiger partial charge is 0.306 e. The van der Waals surface area contributed by atoms with Gasteiger partial charge in [0.25, 0.3) is 0 Å². The van der Waals surface area contributed by atoms with E-state index < -0.39 is 5.97 Å². The standard InChI is InChI=1S/C15H22O3/c1-5-13(15(16)17)8-9-18-14-11(3)7-6-10(2)12(14)4/h6-7,13H,5,8-9H2,1-4H3,(H,16,17). The van der Waals surface area contributed by atoms with E-state index in [1.807, 2.05) is 33.8 Å². The highest BCUT2D eigenvalue weighted by molar-refractivity contribution is 5.69. The van der Waals surface area contributed by atoms with Crippen molar-refractivity contribution >= 4 is 5.97 Å². The molecule has 0 aliphatic carbocycles. The monoisotopic (exact) mass is 250 g/mol. The summed E-state index contributed by atoms with van der Waals surface area (Å²) in [6, 6.07) is 4.11. The summed E-state index contributed by atoms with van der Waals surface area (Å²) in [5.74, 6) is -0.149. The van der Waals surface area contributed by atoms with Crippen molar-refractivity contribution in [1.29, 1.82) is 0 Å². The number of rotatable bonds is 6. The van der Waals surface area contributed by atoms with Crippen LogP contribution in [0, 0.1) is 26.7 Å². The van der Waals surface area contributed by atoms with Gasteiger partial charge in [-0.2, -0.15) is 0 Å². The Bertz CT molecular complexity index is 424. The molecule has 0 saturated heterocycles. The molecule has 1 atom stereocenters. The van der Waals surface area contributed by atoms with Crippen LogP contribution in [0.2, 0.25) is 0 Å². The van der Waals surface area contributed by atoms with Crippen LogP contribution in [0.4, 0.5) is 0 Å². The first-order chi connectivity index (χ1) is 8.47. The predicted octanol–water partition coefficient (Wildman–Crippen LogP) is 3.49. The number of benzene rings is 1. The lowest BCUT2D eigenvalue weighted by Crippen LogP contribution is -2.16. The van der Waals surface area contributed by atoms with E-state index in [1.54, 1.807) is 0 Å². The second kappa shape index (κ2) is 6.43. The maximum atomic E-state index is 10.9. The quantitative estimate of drug-likeness (QED) is 0.840. The number of hydrogen-bond acceptors (Lipinski definition) is 2. The van der Waals surface area contributed by atoms with Crippen molar-refractivity contribution in [2.24, 2.45) is 5.92 Å². The Morgan fingerprint density at radius 2 is 1.89 bits per heavy atom. The second-order valence-corrected chi connectivity index (χ2v) is 4.73. The zero-order chi connectivity index (χ0) is 13.7. The summed E-state index contributed by atoms with van der Waals surface area (Å²) in [4.78, 5) is 10.9. The molecule has 0 amide bonds. The normalized spacial score (nSPS) is 12.2. The Kier molecular flexibility index (Phi) is 5.20. The summed E-state index contributed by atoms with van der Waals surface area (Å²) in [7, 11) is 0. The van der Waals surface area contributed by atoms with Gasteiger partial charge in [0.1, 0.15) is 5.75 Å². The van der Waals surface area contributed by atoms with E-state index in [0.29, 0.717) is 19.4 Å². The molecule has 0 spiro atoms. The highest BCUT2D eigenvalue weighted by Gasteiger charge is 2.15. The Balaban J connectivity index is 2.64. The van der Waals surface area contributed by atoms with Crippen molar-refractivity contribution < 1.29 is 14.6 Å². The van der Waals surface area contributed by atoms with E-state index in [4.69, 9.17) is 9.84 Å². The van der Waals surface area contributed by atoms with Gasteiger partial charge in [-0.05, 0) is 50.3 Å². The molecule has 3 nitrogen and oxygen atoms in total. The third-order valence-electron chi connectivity index (χ3n) is 3.43. The fraction of sp³-hybridized carbons (Fsp3) is 0.533. The van der Waals surface area contributed by atoms with E-state index in [-0.39, 0.29) is 5.92 Å². The second-order valence-electron chi connectivity index (χ2n) is 4.73. The predicted molar refractivity (Wildman–Crippen MR) is 72.2 cm³/mol. The summed E-state index contributed by atoms with van der Waals surface area (Å²) in [5.41, 5.74) is 3.43. The molecule has 0 aromatic heterocycles. The topological polar surface area (TPSA) is 46.5 Å². The molecule has 3 heteroatoms. The highest BCUT2D eigenvalue weighted by atomic mass is 16.5. The van der Waals surface area contributed by atoms with Gasteiger partial charge in [0.2, 0.25) is 0 Å². The van der Waals surface area contributed by atoms with Gasteiger partial charge in [-0.25, -0.2) is 0 Å². The van der Waals surface area contributed by atoms with Gasteiger partial charge in [0, 0.05) is 0 Å². The van der Waals surface area contributed by atoms with Gasteiger partial charge in [-0.1, -0.05) is 19.1 Å². The third-order valence-corrected chi connectivity index (χ3v) is 3.43. The summed E-state index contributed by atoms with van der Waals surface area (Å²) >= 11 is 0. The molecule has 0 bridgehead atoms. The molecule has 18 heavy (non-hydrogen) atoms. The molecule has 0 fully saturated rings. The van der Waals surface area contributed by atoms with Crippen LogP contribution < -0.4 is 4.74 Å². The average Bonchev–Trinajstić information content (AvgIpc) is 2.33. The lowest BCUT2D eigenvalue weighted by molar-refractivity contribution is -0.142. The highest BCUT2D eigenvalue weighted by Crippen LogP contribution is 2.26. The maximum Gasteiger partial charge on any atom is 0.306 e. The number of carboxylic acid groups (broad SMARTS) is 1. The zero-order valence-electron chi connectivity index (χ0n) is 11.6. The Labute approximate surface area is 109 Å². The van der Waals surface area contributed by atoms with Crippen molar-refractivity contribution in [1.82, 2.24) is 0 Å². The van der Waals surface area contributed by atoms with Gasteiger partial charge in [-0.3, -0.25) is 4.79 Å². The van der Waals surface area contributed by atoms with Crippen molar-refractivity contribution in [3.63, 3.8) is 0 Å². The molecule has 1 rings (SSSR count). The molecule has 1 aromatic carbocycles. The van der Waals surface area contributed by atoms with Crippen LogP contribution in [0.1, 0.15) is 36.5 Å². The fourth-order valence-corrected chi connectivity index (χ4v) is 1.95. The van der Waals surface area contributed by atoms with Crippen LogP contribution in [-0.2, 0) is 4.79 Å². The van der Waals surface area contributed by atoms with Gasteiger partial charge < -0.3 is 9.84 Å². The molecule has 1 aromatic rings. The van der Waals surface area contributed by atoms with Crippen LogP contribution >= 0.6 is 0 Å². The lowest BCUT2D eigenvalue weighted by atomic mass is 10.0. The number of carbonyl (C=O) groups is 1. The lowest BCUT2D eigenvalue weighted by Gasteiger charge is -2.15. The Morgan fingerprint density at radius 1 is 1.28 bits per heavy atom. The van der Waals surface area contributed by atoms with E-state index in [9.17, 15) is 4.79 Å². The molecular weight excluding hydrogens is 228 g/mol. The number of aryl methyl sites for hydroxylation is 2. The van der Waals surface area contributed by atoms with Gasteiger partial charge in [0.05, 0.1) is 12.5 Å². The molecule has 0 aliphatic heterocycles. The van der Waals surface area contributed by atoms with Gasteiger partial charge in [0.15, 0.2) is 0 Å². The molecule has 1 unspecified atom stereocenters. The van der Waals surface area contributed by atoms with Gasteiger partial charge in [-0.15, -0.1) is 0 Å². The molecule has 0 saturated carbocycles. The Hall–Kier alpha value is -1.51. The Morgan fingerprint density at radius 3 is 2.44 bits per heavy atom. The van der Waals surface area contributed by atoms with Crippen LogP contribution in [0.3, 0.4) is 0 Å². The molecule has 100 valence electrons. The van der Waals surface area contributed by atoms with E-state index in [0.717, 1.165) is 16.9 Å². The average molecular weight is 250 g/mol. The fourth-order valence-electron chi connectivity index (χ4n) is 1.95. The third kappa shape index (κ3) is 3.49. The summed E-state index contributed by atoms with van der Waals surface area (Å²) < 4.78 is 5.77. The summed E-state index contributed by atoms with van der Waals surface area (Å²) in [6.45, 7) is 8.44. The minimum absolute atomic E-state index is 0.310. The first-order valence-electron chi connectivity index (χ1n) is 6.39. The van der Waals surface area contributed by atoms with Crippen molar-refractivity contribution in [2.45, 2.75) is 40.5 Å². The SMILES string of the molecule is CCC(CCOc1c(C)ccc(C)c1C)C(=O)O. The number of carboxylic acids is 1. The minimum Gasteiger partial charge on any atom is -0.493 e. The number of hydrogen-bond donors (Lipinski definition) is 1.